The molecule has 106 valence electrons. The van der Waals surface area contributed by atoms with Crippen molar-refractivity contribution in [2.45, 2.75) is 19.6 Å². The van der Waals surface area contributed by atoms with E-state index in [-0.39, 0.29) is 0 Å². The van der Waals surface area contributed by atoms with Gasteiger partial charge in [-0.2, -0.15) is 0 Å². The van der Waals surface area contributed by atoms with Gasteiger partial charge in [0.2, 0.25) is 0 Å². The maximum atomic E-state index is 5.98. The Morgan fingerprint density at radius 3 is 3.11 bits per heavy atom. The van der Waals surface area contributed by atoms with Crippen LogP contribution in [0.5, 0.6) is 0 Å². The van der Waals surface area contributed by atoms with Crippen molar-refractivity contribution in [2.24, 2.45) is 0 Å². The molecule has 3 nitrogen and oxygen atoms in total. The fraction of sp³-hybridized carbons (Fsp3) is 0.571. The lowest BCUT2D eigenvalue weighted by Gasteiger charge is -2.32. The lowest BCUT2D eigenvalue weighted by Crippen LogP contribution is -2.46. The molecule has 1 aliphatic rings. The zero-order chi connectivity index (χ0) is 13.7. The highest BCUT2D eigenvalue weighted by atomic mass is 79.9. The number of hydrogen-bond acceptors (Lipinski definition) is 3. The van der Waals surface area contributed by atoms with E-state index in [1.54, 1.807) is 0 Å². The van der Waals surface area contributed by atoms with Crippen molar-refractivity contribution in [1.82, 2.24) is 10.2 Å². The summed E-state index contributed by atoms with van der Waals surface area (Å²) in [5.41, 5.74) is 1.22. The van der Waals surface area contributed by atoms with Gasteiger partial charge in [0.25, 0.3) is 0 Å². The Kier molecular flexibility index (Phi) is 6.10. The molecule has 1 unspecified atom stereocenters. The highest BCUT2D eigenvalue weighted by Crippen LogP contribution is 2.23. The second kappa shape index (κ2) is 7.60. The van der Waals surface area contributed by atoms with Gasteiger partial charge in [-0.05, 0) is 40.2 Å². The molecule has 1 heterocycles. The van der Waals surface area contributed by atoms with E-state index in [2.05, 4.69) is 39.1 Å². The quantitative estimate of drug-likeness (QED) is 0.886. The average Bonchev–Trinajstić information content (AvgIpc) is 2.43. The summed E-state index contributed by atoms with van der Waals surface area (Å²) >= 11 is 9.42. The SMILES string of the molecule is CCN1CCOC(CNCc2ccc(Cl)c(Br)c2)C1. The predicted octanol–water partition coefficient (Wildman–Crippen LogP) is 2.91. The first-order chi connectivity index (χ1) is 9.19. The van der Waals surface area contributed by atoms with Gasteiger partial charge in [0.1, 0.15) is 0 Å². The van der Waals surface area contributed by atoms with Gasteiger partial charge in [0.15, 0.2) is 0 Å². The number of morpholine rings is 1. The van der Waals surface area contributed by atoms with Gasteiger partial charge >= 0.3 is 0 Å². The van der Waals surface area contributed by atoms with Crippen LogP contribution in [0, 0.1) is 0 Å². The summed E-state index contributed by atoms with van der Waals surface area (Å²) in [4.78, 5) is 2.43. The van der Waals surface area contributed by atoms with Gasteiger partial charge in [0.05, 0.1) is 17.7 Å². The molecule has 2 rings (SSSR count). The molecule has 0 aromatic heterocycles. The number of rotatable bonds is 5. The van der Waals surface area contributed by atoms with E-state index in [0.717, 1.165) is 48.8 Å². The van der Waals surface area contributed by atoms with Crippen molar-refractivity contribution < 1.29 is 4.74 Å². The molecule has 0 bridgehead atoms. The minimum Gasteiger partial charge on any atom is -0.374 e. The molecule has 1 aromatic carbocycles. The molecule has 1 N–H and O–H groups in total. The van der Waals surface area contributed by atoms with E-state index >= 15 is 0 Å². The maximum Gasteiger partial charge on any atom is 0.0826 e. The number of nitrogens with one attached hydrogen (secondary N) is 1. The summed E-state index contributed by atoms with van der Waals surface area (Å²) in [6.07, 6.45) is 0.296. The third kappa shape index (κ3) is 4.72. The first-order valence-electron chi connectivity index (χ1n) is 6.67. The van der Waals surface area contributed by atoms with E-state index in [1.807, 2.05) is 12.1 Å². The van der Waals surface area contributed by atoms with Crippen LogP contribution in [0.2, 0.25) is 5.02 Å². The van der Waals surface area contributed by atoms with E-state index < -0.39 is 0 Å². The Labute approximate surface area is 128 Å². The van der Waals surface area contributed by atoms with Crippen LogP contribution in [0.15, 0.2) is 22.7 Å². The Morgan fingerprint density at radius 1 is 1.53 bits per heavy atom. The molecule has 5 heteroatoms. The zero-order valence-electron chi connectivity index (χ0n) is 11.2. The molecule has 0 amide bonds. The Bertz CT molecular complexity index is 416. The number of ether oxygens (including phenoxy) is 1. The number of nitrogens with zero attached hydrogens (tertiary/aromatic N) is 1. The van der Waals surface area contributed by atoms with Crippen LogP contribution in [-0.4, -0.2) is 43.8 Å². The van der Waals surface area contributed by atoms with E-state index in [0.29, 0.717) is 6.10 Å². The second-order valence-corrected chi connectivity index (χ2v) is 6.03. The van der Waals surface area contributed by atoms with Gasteiger partial charge < -0.3 is 10.1 Å². The highest BCUT2D eigenvalue weighted by molar-refractivity contribution is 9.10. The number of halogens is 2. The average molecular weight is 348 g/mol. The molecule has 0 spiro atoms. The van der Waals surface area contributed by atoms with Crippen molar-refractivity contribution >= 4 is 27.5 Å². The lowest BCUT2D eigenvalue weighted by molar-refractivity contribution is -0.0253. The molecule has 0 radical (unpaired) electrons. The van der Waals surface area contributed by atoms with Crippen molar-refractivity contribution in [3.63, 3.8) is 0 Å². The fourth-order valence-electron chi connectivity index (χ4n) is 2.22. The van der Waals surface area contributed by atoms with Gasteiger partial charge in [-0.15, -0.1) is 0 Å². The minimum absolute atomic E-state index is 0.296. The summed E-state index contributed by atoms with van der Waals surface area (Å²) in [6.45, 7) is 7.93. The molecule has 19 heavy (non-hydrogen) atoms. The fourth-order valence-corrected chi connectivity index (χ4v) is 2.76. The third-order valence-electron chi connectivity index (χ3n) is 3.36. The standard InChI is InChI=1S/C14H20BrClN2O/c1-2-18-5-6-19-12(10-18)9-17-8-11-3-4-14(16)13(15)7-11/h3-4,7,12,17H,2,5-6,8-10H2,1H3. The largest absolute Gasteiger partial charge is 0.374 e. The Morgan fingerprint density at radius 2 is 2.37 bits per heavy atom. The second-order valence-electron chi connectivity index (χ2n) is 4.77. The van der Waals surface area contributed by atoms with Gasteiger partial charge in [-0.25, -0.2) is 0 Å². The van der Waals surface area contributed by atoms with Crippen molar-refractivity contribution in [3.05, 3.63) is 33.3 Å². The van der Waals surface area contributed by atoms with Crippen LogP contribution in [0.1, 0.15) is 12.5 Å². The lowest BCUT2D eigenvalue weighted by atomic mass is 10.2. The Hall–Kier alpha value is -0.130. The predicted molar refractivity (Wildman–Crippen MR) is 82.7 cm³/mol. The molecular formula is C14H20BrClN2O. The Balaban J connectivity index is 1.75. The third-order valence-corrected chi connectivity index (χ3v) is 4.57. The normalized spacial score (nSPS) is 20.7. The van der Waals surface area contributed by atoms with E-state index in [9.17, 15) is 0 Å². The summed E-state index contributed by atoms with van der Waals surface area (Å²) in [7, 11) is 0. The topological polar surface area (TPSA) is 24.5 Å². The number of benzene rings is 1. The highest BCUT2D eigenvalue weighted by Gasteiger charge is 2.18. The van der Waals surface area contributed by atoms with Crippen molar-refractivity contribution in [2.75, 3.05) is 32.8 Å². The van der Waals surface area contributed by atoms with Crippen LogP contribution < -0.4 is 5.32 Å². The molecule has 1 aromatic rings. The van der Waals surface area contributed by atoms with Gasteiger partial charge in [-0.1, -0.05) is 24.6 Å². The van der Waals surface area contributed by atoms with Crippen molar-refractivity contribution in [1.29, 1.82) is 0 Å². The molecule has 1 atom stereocenters. The minimum atomic E-state index is 0.296. The molecular weight excluding hydrogens is 328 g/mol. The number of likely N-dealkylation sites (N-methyl/N-ethyl adjacent to an activating group) is 1. The maximum absolute atomic E-state index is 5.98. The summed E-state index contributed by atoms with van der Waals surface area (Å²) in [6, 6.07) is 6.01. The van der Waals surface area contributed by atoms with E-state index in [1.165, 1.54) is 5.56 Å². The number of hydrogen-bond donors (Lipinski definition) is 1. The monoisotopic (exact) mass is 346 g/mol. The summed E-state index contributed by atoms with van der Waals surface area (Å²) in [5, 5.41) is 4.20. The van der Waals surface area contributed by atoms with Crippen LogP contribution in [-0.2, 0) is 11.3 Å². The van der Waals surface area contributed by atoms with Gasteiger partial charge in [-0.3, -0.25) is 4.90 Å². The van der Waals surface area contributed by atoms with Crippen LogP contribution in [0.25, 0.3) is 0 Å². The molecule has 1 aliphatic heterocycles. The van der Waals surface area contributed by atoms with Crippen LogP contribution >= 0.6 is 27.5 Å². The first-order valence-corrected chi connectivity index (χ1v) is 7.84. The first kappa shape index (κ1) is 15.3. The molecule has 1 fully saturated rings. The zero-order valence-corrected chi connectivity index (χ0v) is 13.5. The van der Waals surface area contributed by atoms with Crippen LogP contribution in [0.3, 0.4) is 0 Å². The molecule has 0 saturated carbocycles. The summed E-state index contributed by atoms with van der Waals surface area (Å²) in [5.74, 6) is 0. The summed E-state index contributed by atoms with van der Waals surface area (Å²) < 4.78 is 6.70. The van der Waals surface area contributed by atoms with Gasteiger partial charge in [0, 0.05) is 30.7 Å². The molecule has 1 saturated heterocycles. The van der Waals surface area contributed by atoms with Crippen molar-refractivity contribution in [3.8, 4) is 0 Å². The van der Waals surface area contributed by atoms with Crippen LogP contribution in [0.4, 0.5) is 0 Å². The van der Waals surface area contributed by atoms with E-state index in [4.69, 9.17) is 16.3 Å². The molecule has 0 aliphatic carbocycles. The smallest absolute Gasteiger partial charge is 0.0826 e.